The lowest BCUT2D eigenvalue weighted by Crippen LogP contribution is -2.03. The van der Waals surface area contributed by atoms with Gasteiger partial charge in [-0.3, -0.25) is 0 Å². The lowest BCUT2D eigenvalue weighted by molar-refractivity contribution is 0.134. The average Bonchev–Trinajstić information content (AvgIpc) is 2.81. The Morgan fingerprint density at radius 2 is 2.17 bits per heavy atom. The molecule has 0 aliphatic carbocycles. The molecule has 0 unspecified atom stereocenters. The molecular weight excluding hydrogens is 244 g/mol. The first kappa shape index (κ1) is 13.1. The highest BCUT2D eigenvalue weighted by molar-refractivity contribution is 7.09. The van der Waals surface area contributed by atoms with E-state index in [1.807, 2.05) is 26.0 Å². The van der Waals surface area contributed by atoms with Crippen LogP contribution in [0.2, 0.25) is 0 Å². The van der Waals surface area contributed by atoms with E-state index in [2.05, 4.69) is 27.8 Å². The first-order chi connectivity index (χ1) is 8.79. The van der Waals surface area contributed by atoms with Gasteiger partial charge in [-0.25, -0.2) is 4.98 Å². The van der Waals surface area contributed by atoms with Crippen LogP contribution in [-0.2, 0) is 17.9 Å². The van der Waals surface area contributed by atoms with E-state index in [1.165, 1.54) is 5.56 Å². The Morgan fingerprint density at radius 1 is 1.33 bits per heavy atom. The molecule has 0 amide bonds. The molecule has 0 bridgehead atoms. The van der Waals surface area contributed by atoms with Crippen molar-refractivity contribution in [3.05, 3.63) is 45.9 Å². The molecule has 2 aromatic rings. The maximum atomic E-state index is 5.46. The van der Waals surface area contributed by atoms with Gasteiger partial charge in [0.2, 0.25) is 0 Å². The molecule has 2 rings (SSSR count). The van der Waals surface area contributed by atoms with Crippen molar-refractivity contribution in [1.29, 1.82) is 0 Å². The second-order valence-corrected chi connectivity index (χ2v) is 4.97. The molecule has 4 heteroatoms. The Balaban J connectivity index is 1.99. The summed E-state index contributed by atoms with van der Waals surface area (Å²) in [4.78, 5) is 4.44. The molecule has 0 radical (unpaired) electrons. The summed E-state index contributed by atoms with van der Waals surface area (Å²) < 4.78 is 5.46. The molecule has 18 heavy (non-hydrogen) atoms. The van der Waals surface area contributed by atoms with Crippen LogP contribution in [0.4, 0.5) is 5.69 Å². The van der Waals surface area contributed by atoms with Crippen molar-refractivity contribution in [1.82, 2.24) is 4.98 Å². The summed E-state index contributed by atoms with van der Waals surface area (Å²) in [6.07, 6.45) is 0. The third-order valence-corrected chi connectivity index (χ3v) is 3.54. The van der Waals surface area contributed by atoms with E-state index in [-0.39, 0.29) is 0 Å². The predicted octanol–water partition coefficient (Wildman–Crippen LogP) is 3.60. The molecule has 0 saturated heterocycles. The van der Waals surface area contributed by atoms with Crippen LogP contribution >= 0.6 is 11.3 Å². The van der Waals surface area contributed by atoms with E-state index >= 15 is 0 Å². The highest BCUT2D eigenvalue weighted by Gasteiger charge is 2.03. The van der Waals surface area contributed by atoms with Crippen molar-refractivity contribution < 1.29 is 4.74 Å². The van der Waals surface area contributed by atoms with Gasteiger partial charge in [-0.15, -0.1) is 11.3 Å². The summed E-state index contributed by atoms with van der Waals surface area (Å²) >= 11 is 1.69. The summed E-state index contributed by atoms with van der Waals surface area (Å²) in [5.41, 5.74) is 3.39. The van der Waals surface area contributed by atoms with Gasteiger partial charge < -0.3 is 10.1 Å². The largest absolute Gasteiger partial charge is 0.378 e. The van der Waals surface area contributed by atoms with Gasteiger partial charge in [-0.2, -0.15) is 0 Å². The summed E-state index contributed by atoms with van der Waals surface area (Å²) in [5, 5.41) is 6.60. The van der Waals surface area contributed by atoms with Crippen molar-refractivity contribution in [3.63, 3.8) is 0 Å². The molecule has 0 aliphatic rings. The van der Waals surface area contributed by atoms with Crippen molar-refractivity contribution in [2.45, 2.75) is 27.0 Å². The monoisotopic (exact) mass is 262 g/mol. The molecule has 1 aromatic carbocycles. The van der Waals surface area contributed by atoms with Crippen molar-refractivity contribution in [2.24, 2.45) is 0 Å². The van der Waals surface area contributed by atoms with Gasteiger partial charge in [0.1, 0.15) is 5.01 Å². The third kappa shape index (κ3) is 3.55. The zero-order valence-corrected chi connectivity index (χ0v) is 11.6. The van der Waals surface area contributed by atoms with E-state index < -0.39 is 0 Å². The van der Waals surface area contributed by atoms with Crippen molar-refractivity contribution in [3.8, 4) is 0 Å². The number of rotatable bonds is 6. The fourth-order valence-electron chi connectivity index (χ4n) is 1.69. The van der Waals surface area contributed by atoms with Crippen LogP contribution in [-0.4, -0.2) is 11.6 Å². The second-order valence-electron chi connectivity index (χ2n) is 4.03. The molecular formula is C14H18N2OS. The Labute approximate surface area is 112 Å². The molecule has 1 heterocycles. The first-order valence-electron chi connectivity index (χ1n) is 6.10. The molecule has 0 saturated carbocycles. The van der Waals surface area contributed by atoms with Crippen molar-refractivity contribution in [2.75, 3.05) is 11.9 Å². The zero-order chi connectivity index (χ0) is 12.8. The molecule has 1 aromatic heterocycles. The van der Waals surface area contributed by atoms with E-state index in [1.54, 1.807) is 11.3 Å². The van der Waals surface area contributed by atoms with E-state index in [0.29, 0.717) is 6.61 Å². The summed E-state index contributed by atoms with van der Waals surface area (Å²) in [6, 6.07) is 8.23. The minimum atomic E-state index is 0.649. The van der Waals surface area contributed by atoms with E-state index in [9.17, 15) is 0 Å². The fourth-order valence-corrected chi connectivity index (χ4v) is 2.40. The topological polar surface area (TPSA) is 34.1 Å². The van der Waals surface area contributed by atoms with E-state index in [4.69, 9.17) is 4.74 Å². The Bertz CT molecular complexity index is 496. The molecule has 96 valence electrons. The van der Waals surface area contributed by atoms with Crippen LogP contribution in [0.1, 0.15) is 23.2 Å². The number of ether oxygens (including phenoxy) is 1. The van der Waals surface area contributed by atoms with Crippen LogP contribution in [0.5, 0.6) is 0 Å². The highest BCUT2D eigenvalue weighted by atomic mass is 32.1. The van der Waals surface area contributed by atoms with Gasteiger partial charge in [0.15, 0.2) is 0 Å². The number of para-hydroxylation sites is 1. The number of nitrogens with zero attached hydrogens (tertiary/aromatic N) is 1. The van der Waals surface area contributed by atoms with Gasteiger partial charge in [-0.1, -0.05) is 18.2 Å². The lowest BCUT2D eigenvalue weighted by Gasteiger charge is -2.10. The summed E-state index contributed by atoms with van der Waals surface area (Å²) in [6.45, 7) is 6.18. The number of anilines is 1. The Kier molecular flexibility index (Phi) is 4.73. The Hall–Kier alpha value is -1.39. The number of nitrogens with one attached hydrogen (secondary N) is 1. The molecule has 1 N–H and O–H groups in total. The van der Waals surface area contributed by atoms with Crippen LogP contribution in [0.3, 0.4) is 0 Å². The van der Waals surface area contributed by atoms with Crippen LogP contribution in [0.15, 0.2) is 29.6 Å². The first-order valence-corrected chi connectivity index (χ1v) is 6.98. The molecule has 0 spiro atoms. The highest BCUT2D eigenvalue weighted by Crippen LogP contribution is 2.18. The van der Waals surface area contributed by atoms with Crippen LogP contribution < -0.4 is 5.32 Å². The van der Waals surface area contributed by atoms with Gasteiger partial charge in [0.05, 0.1) is 13.2 Å². The predicted molar refractivity (Wildman–Crippen MR) is 75.9 cm³/mol. The SMILES string of the molecule is CCOCc1ccccc1NCc1nc(C)cs1. The normalized spacial score (nSPS) is 10.6. The number of hydrogen-bond acceptors (Lipinski definition) is 4. The number of thiazole rings is 1. The van der Waals surface area contributed by atoms with Gasteiger partial charge >= 0.3 is 0 Å². The average molecular weight is 262 g/mol. The number of hydrogen-bond donors (Lipinski definition) is 1. The third-order valence-electron chi connectivity index (χ3n) is 2.58. The molecule has 0 fully saturated rings. The quantitative estimate of drug-likeness (QED) is 0.863. The summed E-state index contributed by atoms with van der Waals surface area (Å²) in [5.74, 6) is 0. The minimum absolute atomic E-state index is 0.649. The van der Waals surface area contributed by atoms with Gasteiger partial charge in [0.25, 0.3) is 0 Å². The van der Waals surface area contributed by atoms with Gasteiger partial charge in [0, 0.05) is 28.9 Å². The second kappa shape index (κ2) is 6.52. The van der Waals surface area contributed by atoms with E-state index in [0.717, 1.165) is 29.5 Å². The van der Waals surface area contributed by atoms with Crippen LogP contribution in [0.25, 0.3) is 0 Å². The molecule has 0 atom stereocenters. The number of benzene rings is 1. The molecule has 0 aliphatic heterocycles. The molecule has 3 nitrogen and oxygen atoms in total. The Morgan fingerprint density at radius 3 is 2.89 bits per heavy atom. The summed E-state index contributed by atoms with van der Waals surface area (Å²) in [7, 11) is 0. The van der Waals surface area contributed by atoms with Crippen molar-refractivity contribution >= 4 is 17.0 Å². The van der Waals surface area contributed by atoms with Crippen LogP contribution in [0, 0.1) is 6.92 Å². The zero-order valence-electron chi connectivity index (χ0n) is 10.8. The number of aromatic nitrogens is 1. The lowest BCUT2D eigenvalue weighted by atomic mass is 10.2. The van der Waals surface area contributed by atoms with Gasteiger partial charge in [-0.05, 0) is 19.9 Å². The smallest absolute Gasteiger partial charge is 0.112 e. The maximum Gasteiger partial charge on any atom is 0.112 e. The minimum Gasteiger partial charge on any atom is -0.378 e. The number of aryl methyl sites for hydroxylation is 1. The standard InChI is InChI=1S/C14H18N2OS/c1-3-17-9-12-6-4-5-7-13(12)15-8-14-16-11(2)10-18-14/h4-7,10,15H,3,8-9H2,1-2H3. The maximum absolute atomic E-state index is 5.46. The fraction of sp³-hybridized carbons (Fsp3) is 0.357.